The number of benzene rings is 1. The van der Waals surface area contributed by atoms with Gasteiger partial charge in [0.05, 0.1) is 26.1 Å². The molecule has 10 nitrogen and oxygen atoms in total. The highest BCUT2D eigenvalue weighted by Crippen LogP contribution is 2.53. The molecule has 2 fully saturated rings. The molecule has 0 saturated heterocycles. The third-order valence-electron chi connectivity index (χ3n) is 10.6. The summed E-state index contributed by atoms with van der Waals surface area (Å²) in [6.45, 7) is 11.6. The van der Waals surface area contributed by atoms with Gasteiger partial charge < -0.3 is 14.7 Å². The van der Waals surface area contributed by atoms with Gasteiger partial charge in [-0.3, -0.25) is 19.2 Å². The van der Waals surface area contributed by atoms with Crippen LogP contribution >= 0.6 is 23.4 Å². The van der Waals surface area contributed by atoms with Gasteiger partial charge in [0.1, 0.15) is 18.3 Å². The van der Waals surface area contributed by atoms with Crippen LogP contribution < -0.4 is 4.90 Å². The molecule has 14 heteroatoms. The van der Waals surface area contributed by atoms with Crippen LogP contribution in [0.2, 0.25) is 5.02 Å². The highest BCUT2D eigenvalue weighted by atomic mass is 35.5. The summed E-state index contributed by atoms with van der Waals surface area (Å²) in [5.41, 5.74) is -1.62. The second-order valence-corrected chi connectivity index (χ2v) is 16.5. The van der Waals surface area contributed by atoms with Crippen molar-refractivity contribution in [3.8, 4) is 0 Å². The number of ether oxygens (including phenoxy) is 1. The quantitative estimate of drug-likeness (QED) is 0.179. The zero-order valence-electron chi connectivity index (χ0n) is 31.1. The molecule has 5 atom stereocenters. The molecular weight excluding hydrogens is 698 g/mol. The van der Waals surface area contributed by atoms with Crippen LogP contribution in [0.3, 0.4) is 0 Å². The number of hydrogen-bond donors (Lipinski definition) is 1. The second kappa shape index (κ2) is 15.2. The first-order valence-electron chi connectivity index (χ1n) is 17.6. The Hall–Kier alpha value is -3.55. The smallest absolute Gasteiger partial charge is 0.314 e. The minimum atomic E-state index is -1.28. The van der Waals surface area contributed by atoms with Crippen LogP contribution in [-0.2, 0) is 27.3 Å². The van der Waals surface area contributed by atoms with Crippen molar-refractivity contribution < 1.29 is 29.6 Å². The summed E-state index contributed by atoms with van der Waals surface area (Å²) in [5.74, 6) is -3.06. The van der Waals surface area contributed by atoms with E-state index in [1.54, 1.807) is 31.8 Å². The fourth-order valence-corrected chi connectivity index (χ4v) is 8.64. The van der Waals surface area contributed by atoms with E-state index >= 15 is 0 Å². The number of pyridine rings is 1. The van der Waals surface area contributed by atoms with Gasteiger partial charge >= 0.3 is 5.97 Å². The van der Waals surface area contributed by atoms with Gasteiger partial charge in [-0.25, -0.2) is 4.98 Å². The van der Waals surface area contributed by atoms with E-state index in [4.69, 9.17) is 17.7 Å². The third kappa shape index (κ3) is 7.95. The Balaban J connectivity index is 0.000000202. The summed E-state index contributed by atoms with van der Waals surface area (Å²) in [4.78, 5) is 36.7. The average molecular weight is 746 g/mol. The third-order valence-corrected chi connectivity index (χ3v) is 12.0. The lowest BCUT2D eigenvalue weighted by Crippen LogP contribution is -2.57. The van der Waals surface area contributed by atoms with Crippen LogP contribution in [-0.4, -0.2) is 65.9 Å². The van der Waals surface area contributed by atoms with E-state index in [1.807, 2.05) is 36.1 Å². The number of rotatable bonds is 9. The zero-order valence-corrected chi connectivity index (χ0v) is 31.6. The fraction of sp³-hybridized carbons (Fsp3) is 0.541. The Morgan fingerprint density at radius 3 is 2.35 bits per heavy atom. The van der Waals surface area contributed by atoms with Gasteiger partial charge in [0.15, 0.2) is 5.50 Å². The minimum absolute atomic E-state index is 0.0109. The molecule has 3 aliphatic rings. The number of esters is 1. The normalized spacial score (nSPS) is 27.1. The number of allylic oxidation sites excluding steroid dienone is 1. The van der Waals surface area contributed by atoms with E-state index in [2.05, 4.69) is 28.9 Å². The number of carbonyl (C=O) groups is 2. The Morgan fingerprint density at radius 1 is 1.16 bits per heavy atom. The maximum absolute atomic E-state index is 13.8. The second-order valence-electron chi connectivity index (χ2n) is 14.8. The van der Waals surface area contributed by atoms with Gasteiger partial charge in [-0.2, -0.15) is 18.9 Å². The summed E-state index contributed by atoms with van der Waals surface area (Å²) in [6.07, 6.45) is 7.23. The molecule has 0 radical (unpaired) electrons. The van der Waals surface area contributed by atoms with E-state index in [1.165, 1.54) is 30.1 Å². The molecule has 2 aromatic heterocycles. The maximum atomic E-state index is 13.8. The first-order chi connectivity index (χ1) is 24.4. The lowest BCUT2D eigenvalue weighted by molar-refractivity contribution is -0.173. The number of anilines is 1. The molecule has 6 rings (SSSR count). The van der Waals surface area contributed by atoms with Gasteiger partial charge in [0.25, 0.3) is 0 Å². The zero-order chi connectivity index (χ0) is 38.2. The predicted octanol–water partition coefficient (Wildman–Crippen LogP) is 7.23. The number of hydrogen-bond acceptors (Lipinski definition) is 9. The summed E-state index contributed by atoms with van der Waals surface area (Å²) >= 11 is 7.33. The molecule has 1 aromatic carbocycles. The Morgan fingerprint density at radius 2 is 1.82 bits per heavy atom. The Bertz CT molecular complexity index is 1780. The number of thioether (sulfide) groups is 1. The van der Waals surface area contributed by atoms with E-state index in [0.29, 0.717) is 24.0 Å². The summed E-state index contributed by atoms with van der Waals surface area (Å²) < 4.78 is 42.7. The fourth-order valence-electron chi connectivity index (χ4n) is 7.40. The lowest BCUT2D eigenvalue weighted by Gasteiger charge is -2.52. The molecule has 51 heavy (non-hydrogen) atoms. The molecule has 276 valence electrons. The number of halogens is 3. The van der Waals surface area contributed by atoms with Crippen LogP contribution in [0.4, 0.5) is 14.5 Å². The molecule has 2 saturated carbocycles. The largest absolute Gasteiger partial charge is 0.469 e. The van der Waals surface area contributed by atoms with Crippen LogP contribution in [0.25, 0.3) is 0 Å². The molecule has 3 heterocycles. The molecular formula is C37H47ClF2N6O4S. The number of methoxy groups -OCH3 is 1. The number of aromatic nitrogens is 4. The van der Waals surface area contributed by atoms with Gasteiger partial charge in [-0.05, 0) is 75.0 Å². The van der Waals surface area contributed by atoms with Crippen molar-refractivity contribution in [2.75, 3.05) is 12.0 Å². The molecule has 3 aromatic rings. The standard InChI is InChI=1S/C19H25F2N3OS.C18H22ClN3O3/c1-11(2)17(25)24(13-8-15(20)22-16(21)9-13)18-23(10-12(3)26-18)14-6-7-19(14,4)5;1-17(16(23)25-2)8-7-14(9-13-3-5-15(19)6-4-13)18(17,24)10-22-12-20-11-21-22/h8-11,14,18H,6-7H2,1-5H3;3-6,11-12,14,24H,7-10H2,1-2H3/i10D;. The van der Waals surface area contributed by atoms with Crippen LogP contribution in [0, 0.1) is 34.6 Å². The maximum Gasteiger partial charge on any atom is 0.314 e. The van der Waals surface area contributed by atoms with Crippen LogP contribution in [0.1, 0.15) is 74.2 Å². The Labute approximate surface area is 309 Å². The van der Waals surface area contributed by atoms with Gasteiger partial charge in [0, 0.05) is 40.2 Å². The highest BCUT2D eigenvalue weighted by molar-refractivity contribution is 8.03. The van der Waals surface area contributed by atoms with Crippen LogP contribution in [0.5, 0.6) is 0 Å². The van der Waals surface area contributed by atoms with Crippen molar-refractivity contribution in [1.29, 1.82) is 0 Å². The molecule has 0 spiro atoms. The molecule has 5 unspecified atom stereocenters. The van der Waals surface area contributed by atoms with E-state index in [0.717, 1.165) is 41.9 Å². The van der Waals surface area contributed by atoms with Crippen molar-refractivity contribution >= 4 is 40.9 Å². The van der Waals surface area contributed by atoms with Crippen LogP contribution in [0.15, 0.2) is 60.1 Å². The number of amides is 1. The average Bonchev–Trinajstić information content (AvgIpc) is 3.76. The summed E-state index contributed by atoms with van der Waals surface area (Å²) in [7, 11) is 1.36. The van der Waals surface area contributed by atoms with E-state index in [-0.39, 0.29) is 41.4 Å². The SMILES string of the molecule is COC(=O)C1(C)CCC(Cc2ccc(Cl)cc2)C1(O)Cn1cncn1.[2H]C1=C(C)SC(N(C(=O)C(C)C)c2cc(F)nc(F)c2)N1C1CCC1(C)C. The van der Waals surface area contributed by atoms with E-state index in [9.17, 15) is 23.5 Å². The van der Waals surface area contributed by atoms with Gasteiger partial charge in [-0.15, -0.1) is 0 Å². The minimum Gasteiger partial charge on any atom is -0.469 e. The molecule has 0 bridgehead atoms. The molecule has 1 amide bonds. The summed E-state index contributed by atoms with van der Waals surface area (Å²) in [5, 5.41) is 16.4. The number of aliphatic hydroxyl groups is 1. The molecule has 1 N–H and O–H groups in total. The van der Waals surface area contributed by atoms with Crippen molar-refractivity contribution in [3.63, 3.8) is 0 Å². The highest BCUT2D eigenvalue weighted by Gasteiger charge is 2.61. The van der Waals surface area contributed by atoms with Crippen molar-refractivity contribution in [1.82, 2.24) is 24.6 Å². The Kier molecular flexibility index (Phi) is 11.1. The van der Waals surface area contributed by atoms with Crippen molar-refractivity contribution in [2.24, 2.45) is 22.7 Å². The summed E-state index contributed by atoms with van der Waals surface area (Å²) in [6, 6.07) is 9.82. The lowest BCUT2D eigenvalue weighted by atomic mass is 9.66. The molecule has 2 aliphatic carbocycles. The molecule has 1 aliphatic heterocycles. The van der Waals surface area contributed by atoms with Crippen molar-refractivity contribution in [2.45, 2.75) is 97.3 Å². The van der Waals surface area contributed by atoms with Crippen molar-refractivity contribution in [3.05, 3.63) is 82.6 Å². The first-order valence-corrected chi connectivity index (χ1v) is 18.3. The van der Waals surface area contributed by atoms with E-state index < -0.39 is 34.4 Å². The monoisotopic (exact) mass is 745 g/mol. The predicted molar refractivity (Wildman–Crippen MR) is 193 cm³/mol. The first kappa shape index (κ1) is 37.2. The number of nitrogens with zero attached hydrogens (tertiary/aromatic N) is 6. The topological polar surface area (TPSA) is 114 Å². The van der Waals surface area contributed by atoms with Gasteiger partial charge in [-0.1, -0.05) is 63.2 Å². The number of carbonyl (C=O) groups excluding carboxylic acids is 2. The van der Waals surface area contributed by atoms with Gasteiger partial charge in [0.2, 0.25) is 17.8 Å².